The maximum absolute atomic E-state index is 12.9. The van der Waals surface area contributed by atoms with Crippen molar-refractivity contribution in [2.45, 2.75) is 30.5 Å². The third kappa shape index (κ3) is 2.84. The molecule has 1 aliphatic rings. The molecule has 1 aliphatic carbocycles. The Balaban J connectivity index is 2.03. The van der Waals surface area contributed by atoms with Gasteiger partial charge < -0.3 is 15.5 Å². The van der Waals surface area contributed by atoms with Crippen LogP contribution in [-0.2, 0) is 5.41 Å². The highest BCUT2D eigenvalue weighted by Crippen LogP contribution is 2.58. The van der Waals surface area contributed by atoms with Crippen LogP contribution in [0.1, 0.15) is 18.4 Å². The third-order valence-corrected chi connectivity index (χ3v) is 3.48. The number of anilines is 1. The van der Waals surface area contributed by atoms with Crippen molar-refractivity contribution in [3.05, 3.63) is 29.8 Å². The van der Waals surface area contributed by atoms with Gasteiger partial charge in [0, 0.05) is 12.2 Å². The molecule has 1 fully saturated rings. The Morgan fingerprint density at radius 2 is 1.79 bits per heavy atom. The Kier molecular flexibility index (Phi) is 3.73. The number of aliphatic hydroxyl groups excluding tert-OH is 2. The number of halogens is 3. The van der Waals surface area contributed by atoms with Crippen LogP contribution in [0.3, 0.4) is 0 Å². The first-order valence-electron chi connectivity index (χ1n) is 6.09. The number of alkyl halides is 3. The van der Waals surface area contributed by atoms with Gasteiger partial charge in [0.05, 0.1) is 18.1 Å². The van der Waals surface area contributed by atoms with Gasteiger partial charge in [-0.1, -0.05) is 12.1 Å². The molecule has 0 spiro atoms. The average Bonchev–Trinajstić information content (AvgIpc) is 3.17. The van der Waals surface area contributed by atoms with Crippen LogP contribution in [0.25, 0.3) is 0 Å². The smallest absolute Gasteiger partial charge is 0.394 e. The Morgan fingerprint density at radius 1 is 1.21 bits per heavy atom. The maximum Gasteiger partial charge on any atom is 0.398 e. The van der Waals surface area contributed by atoms with Crippen LogP contribution in [0.2, 0.25) is 0 Å². The van der Waals surface area contributed by atoms with E-state index in [0.29, 0.717) is 5.69 Å². The van der Waals surface area contributed by atoms with E-state index in [2.05, 4.69) is 5.32 Å². The minimum absolute atomic E-state index is 0.145. The second kappa shape index (κ2) is 5.02. The van der Waals surface area contributed by atoms with Crippen LogP contribution in [0.15, 0.2) is 24.3 Å². The van der Waals surface area contributed by atoms with E-state index in [4.69, 9.17) is 10.2 Å². The lowest BCUT2D eigenvalue weighted by molar-refractivity contribution is -0.160. The van der Waals surface area contributed by atoms with E-state index in [1.54, 1.807) is 12.1 Å². The standard InChI is InChI=1S/C13H16F3NO2/c14-13(15,16)12(5-6-12)9-1-3-10(4-2-9)17-7-11(19)8-18/h1-4,11,17-19H,5-8H2. The normalized spacial score (nSPS) is 19.0. The summed E-state index contributed by atoms with van der Waals surface area (Å²) in [4.78, 5) is 0. The van der Waals surface area contributed by atoms with Gasteiger partial charge in [0.15, 0.2) is 0 Å². The van der Waals surface area contributed by atoms with Crippen LogP contribution >= 0.6 is 0 Å². The van der Waals surface area contributed by atoms with Crippen molar-refractivity contribution in [1.82, 2.24) is 0 Å². The van der Waals surface area contributed by atoms with Crippen LogP contribution in [0.4, 0.5) is 18.9 Å². The minimum atomic E-state index is -4.20. The second-order valence-corrected chi connectivity index (χ2v) is 4.87. The third-order valence-electron chi connectivity index (χ3n) is 3.48. The van der Waals surface area contributed by atoms with E-state index in [-0.39, 0.29) is 31.6 Å². The topological polar surface area (TPSA) is 52.5 Å². The number of aliphatic hydroxyl groups is 2. The molecule has 0 amide bonds. The average molecular weight is 275 g/mol. The van der Waals surface area contributed by atoms with Gasteiger partial charge in [0.25, 0.3) is 0 Å². The van der Waals surface area contributed by atoms with E-state index < -0.39 is 17.7 Å². The first-order valence-corrected chi connectivity index (χ1v) is 6.09. The van der Waals surface area contributed by atoms with Crippen LogP contribution in [0.5, 0.6) is 0 Å². The zero-order chi connectivity index (χ0) is 14.1. The van der Waals surface area contributed by atoms with Crippen molar-refractivity contribution in [3.8, 4) is 0 Å². The molecule has 0 bridgehead atoms. The fraction of sp³-hybridized carbons (Fsp3) is 0.538. The van der Waals surface area contributed by atoms with Gasteiger partial charge in [-0.25, -0.2) is 0 Å². The number of hydrogen-bond acceptors (Lipinski definition) is 3. The summed E-state index contributed by atoms with van der Waals surface area (Å²) < 4.78 is 38.7. The molecule has 3 N–H and O–H groups in total. The number of hydrogen-bond donors (Lipinski definition) is 3. The summed E-state index contributed by atoms with van der Waals surface area (Å²) in [6.07, 6.45) is -4.79. The Bertz CT molecular complexity index is 427. The van der Waals surface area contributed by atoms with Gasteiger partial charge >= 0.3 is 6.18 Å². The Hall–Kier alpha value is -1.27. The highest BCUT2D eigenvalue weighted by molar-refractivity contribution is 5.47. The van der Waals surface area contributed by atoms with Crippen LogP contribution in [-0.4, -0.2) is 35.6 Å². The summed E-state index contributed by atoms with van der Waals surface area (Å²) in [5.74, 6) is 0. The summed E-state index contributed by atoms with van der Waals surface area (Å²) >= 11 is 0. The fourth-order valence-corrected chi connectivity index (χ4v) is 2.07. The molecule has 0 aliphatic heterocycles. The summed E-state index contributed by atoms with van der Waals surface area (Å²) in [5, 5.41) is 20.6. The van der Waals surface area contributed by atoms with Gasteiger partial charge in [0.2, 0.25) is 0 Å². The molecule has 1 saturated carbocycles. The van der Waals surface area contributed by atoms with Crippen molar-refractivity contribution < 1.29 is 23.4 Å². The SMILES string of the molecule is OCC(O)CNc1ccc(C2(C(F)(F)F)CC2)cc1. The van der Waals surface area contributed by atoms with Gasteiger partial charge in [0.1, 0.15) is 0 Å². The lowest BCUT2D eigenvalue weighted by Gasteiger charge is -2.20. The highest BCUT2D eigenvalue weighted by atomic mass is 19.4. The van der Waals surface area contributed by atoms with Gasteiger partial charge in [-0.2, -0.15) is 13.2 Å². The van der Waals surface area contributed by atoms with E-state index >= 15 is 0 Å². The molecule has 0 radical (unpaired) electrons. The second-order valence-electron chi connectivity index (χ2n) is 4.87. The van der Waals surface area contributed by atoms with Crippen molar-refractivity contribution in [2.24, 2.45) is 0 Å². The Labute approximate surface area is 109 Å². The van der Waals surface area contributed by atoms with Crippen molar-refractivity contribution in [3.63, 3.8) is 0 Å². The summed E-state index contributed by atoms with van der Waals surface area (Å²) in [7, 11) is 0. The lowest BCUT2D eigenvalue weighted by Crippen LogP contribution is -2.28. The molecule has 19 heavy (non-hydrogen) atoms. The van der Waals surface area contributed by atoms with Crippen molar-refractivity contribution >= 4 is 5.69 Å². The highest BCUT2D eigenvalue weighted by Gasteiger charge is 2.64. The number of nitrogens with one attached hydrogen (secondary N) is 1. The number of benzene rings is 1. The molecule has 1 aromatic rings. The minimum Gasteiger partial charge on any atom is -0.394 e. The molecule has 0 heterocycles. The molecule has 1 aromatic carbocycles. The number of rotatable bonds is 5. The zero-order valence-electron chi connectivity index (χ0n) is 10.2. The fourth-order valence-electron chi connectivity index (χ4n) is 2.07. The lowest BCUT2D eigenvalue weighted by atomic mass is 9.95. The molecular weight excluding hydrogens is 259 g/mol. The van der Waals surface area contributed by atoms with Gasteiger partial charge in [-0.15, -0.1) is 0 Å². The van der Waals surface area contributed by atoms with E-state index in [1.165, 1.54) is 12.1 Å². The van der Waals surface area contributed by atoms with Gasteiger partial charge in [-0.3, -0.25) is 0 Å². The van der Waals surface area contributed by atoms with E-state index in [9.17, 15) is 13.2 Å². The molecule has 6 heteroatoms. The van der Waals surface area contributed by atoms with E-state index in [1.807, 2.05) is 0 Å². The summed E-state index contributed by atoms with van der Waals surface area (Å²) in [6, 6.07) is 6.05. The van der Waals surface area contributed by atoms with E-state index in [0.717, 1.165) is 0 Å². The molecule has 0 saturated heterocycles. The molecule has 1 unspecified atom stereocenters. The predicted molar refractivity (Wildman–Crippen MR) is 65.0 cm³/mol. The quantitative estimate of drug-likeness (QED) is 0.771. The Morgan fingerprint density at radius 3 is 2.21 bits per heavy atom. The largest absolute Gasteiger partial charge is 0.398 e. The molecule has 106 valence electrons. The zero-order valence-corrected chi connectivity index (χ0v) is 10.2. The van der Waals surface area contributed by atoms with Gasteiger partial charge in [-0.05, 0) is 30.5 Å². The monoisotopic (exact) mass is 275 g/mol. The summed E-state index contributed by atoms with van der Waals surface area (Å²) in [6.45, 7) is -0.206. The molecule has 3 nitrogen and oxygen atoms in total. The first kappa shape index (κ1) is 14.1. The molecule has 1 atom stereocenters. The van der Waals surface area contributed by atoms with Crippen LogP contribution in [0, 0.1) is 0 Å². The molecule has 2 rings (SSSR count). The molecule has 0 aromatic heterocycles. The van der Waals surface area contributed by atoms with Crippen molar-refractivity contribution in [1.29, 1.82) is 0 Å². The maximum atomic E-state index is 12.9. The summed E-state index contributed by atoms with van der Waals surface area (Å²) in [5.41, 5.74) is -0.752. The molecular formula is C13H16F3NO2. The first-order chi connectivity index (χ1) is 8.89. The predicted octanol–water partition coefficient (Wildman–Crippen LogP) is 2.05. The van der Waals surface area contributed by atoms with Crippen molar-refractivity contribution in [2.75, 3.05) is 18.5 Å². The van der Waals surface area contributed by atoms with Crippen LogP contribution < -0.4 is 5.32 Å².